The largest absolute Gasteiger partial charge is 0.508 e. The molecule has 0 radical (unpaired) electrons. The fraction of sp³-hybridized carbons (Fsp3) is 0.600. The number of piperidine rings is 1. The minimum atomic E-state index is -0.236. The van der Waals surface area contributed by atoms with Gasteiger partial charge in [-0.25, -0.2) is 0 Å². The zero-order valence-electron chi connectivity index (χ0n) is 11.0. The first-order valence-electron chi connectivity index (χ1n) is 6.85. The van der Waals surface area contributed by atoms with Crippen LogP contribution in [0.25, 0.3) is 0 Å². The van der Waals surface area contributed by atoms with E-state index in [9.17, 15) is 10.2 Å². The summed E-state index contributed by atoms with van der Waals surface area (Å²) in [7, 11) is 0. The summed E-state index contributed by atoms with van der Waals surface area (Å²) in [6.45, 7) is 3.82. The lowest BCUT2D eigenvalue weighted by atomic mass is 9.96. The van der Waals surface area contributed by atoms with Crippen LogP contribution < -0.4 is 0 Å². The molecule has 1 saturated heterocycles. The summed E-state index contributed by atoms with van der Waals surface area (Å²) in [6, 6.07) is 7.94. The molecule has 3 heteroatoms. The first kappa shape index (κ1) is 13.4. The molecule has 1 heterocycles. The van der Waals surface area contributed by atoms with E-state index < -0.39 is 0 Å². The van der Waals surface area contributed by atoms with Gasteiger partial charge in [0.05, 0.1) is 6.10 Å². The van der Waals surface area contributed by atoms with Crippen molar-refractivity contribution in [1.29, 1.82) is 0 Å². The van der Waals surface area contributed by atoms with E-state index in [0.29, 0.717) is 11.8 Å². The van der Waals surface area contributed by atoms with Gasteiger partial charge < -0.3 is 10.2 Å². The van der Waals surface area contributed by atoms with Crippen molar-refractivity contribution in [3.05, 3.63) is 29.8 Å². The summed E-state index contributed by atoms with van der Waals surface area (Å²) in [5.41, 5.74) is 1.15. The van der Waals surface area contributed by atoms with E-state index in [0.717, 1.165) is 25.1 Å². The summed E-state index contributed by atoms with van der Waals surface area (Å²) in [6.07, 6.45) is 4.27. The van der Waals surface area contributed by atoms with Gasteiger partial charge in [0.25, 0.3) is 0 Å². The molecule has 2 rings (SSSR count). The van der Waals surface area contributed by atoms with Crippen molar-refractivity contribution in [2.45, 2.75) is 51.3 Å². The molecule has 3 nitrogen and oxygen atoms in total. The van der Waals surface area contributed by atoms with Crippen molar-refractivity contribution < 1.29 is 10.2 Å². The Balaban J connectivity index is 2.00. The number of likely N-dealkylation sites (tertiary alicyclic amines) is 1. The van der Waals surface area contributed by atoms with Crippen LogP contribution >= 0.6 is 0 Å². The van der Waals surface area contributed by atoms with Gasteiger partial charge in [-0.15, -0.1) is 0 Å². The Morgan fingerprint density at radius 2 is 2.22 bits per heavy atom. The summed E-state index contributed by atoms with van der Waals surface area (Å²) < 4.78 is 0. The average Bonchev–Trinajstić information content (AvgIpc) is 2.31. The third-order valence-corrected chi connectivity index (χ3v) is 3.66. The third kappa shape index (κ3) is 3.72. The number of aliphatic hydroxyl groups excluding tert-OH is 1. The Hall–Kier alpha value is -1.06. The number of hydrogen-bond donors (Lipinski definition) is 2. The number of aliphatic hydroxyl groups is 1. The zero-order valence-corrected chi connectivity index (χ0v) is 11.0. The van der Waals surface area contributed by atoms with Crippen LogP contribution in [0.15, 0.2) is 24.3 Å². The Morgan fingerprint density at radius 3 is 2.94 bits per heavy atom. The van der Waals surface area contributed by atoms with Crippen molar-refractivity contribution in [1.82, 2.24) is 4.90 Å². The summed E-state index contributed by atoms with van der Waals surface area (Å²) in [5.74, 6) is 0.330. The number of phenolic OH excluding ortho intramolecular Hbond substituents is 1. The lowest BCUT2D eigenvalue weighted by molar-refractivity contribution is 0.0817. The number of aromatic hydroxyl groups is 1. The van der Waals surface area contributed by atoms with Crippen molar-refractivity contribution in [3.63, 3.8) is 0 Å². The van der Waals surface area contributed by atoms with E-state index in [-0.39, 0.29) is 6.10 Å². The summed E-state index contributed by atoms with van der Waals surface area (Å²) in [5, 5.41) is 19.1. The molecule has 1 aliphatic heterocycles. The van der Waals surface area contributed by atoms with Gasteiger partial charge in [-0.2, -0.15) is 0 Å². The van der Waals surface area contributed by atoms with Crippen LogP contribution in [0.4, 0.5) is 0 Å². The third-order valence-electron chi connectivity index (χ3n) is 3.66. The van der Waals surface area contributed by atoms with Gasteiger partial charge in [0, 0.05) is 12.6 Å². The fourth-order valence-corrected chi connectivity index (χ4v) is 2.82. The maximum atomic E-state index is 9.57. The van der Waals surface area contributed by atoms with Gasteiger partial charge in [-0.3, -0.25) is 4.90 Å². The first-order chi connectivity index (χ1) is 8.65. The van der Waals surface area contributed by atoms with Crippen LogP contribution in [0.1, 0.15) is 38.2 Å². The number of rotatable bonds is 4. The van der Waals surface area contributed by atoms with Crippen LogP contribution in [0.5, 0.6) is 5.75 Å². The molecule has 0 saturated carbocycles. The van der Waals surface area contributed by atoms with Crippen LogP contribution in [0.3, 0.4) is 0 Å². The molecule has 0 bridgehead atoms. The first-order valence-corrected chi connectivity index (χ1v) is 6.85. The number of benzene rings is 1. The molecule has 18 heavy (non-hydrogen) atoms. The molecule has 0 aliphatic carbocycles. The lowest BCUT2D eigenvalue weighted by Crippen LogP contribution is -2.40. The Bertz CT molecular complexity index is 379. The van der Waals surface area contributed by atoms with Crippen LogP contribution in [-0.4, -0.2) is 33.8 Å². The molecule has 0 aromatic heterocycles. The molecule has 100 valence electrons. The van der Waals surface area contributed by atoms with E-state index in [4.69, 9.17) is 0 Å². The van der Waals surface area contributed by atoms with E-state index in [1.807, 2.05) is 25.1 Å². The molecule has 1 fully saturated rings. The van der Waals surface area contributed by atoms with Crippen molar-refractivity contribution in [3.8, 4) is 5.75 Å². The monoisotopic (exact) mass is 249 g/mol. The van der Waals surface area contributed by atoms with Crippen LogP contribution in [-0.2, 0) is 6.54 Å². The minimum Gasteiger partial charge on any atom is -0.508 e. The predicted octanol–water partition coefficient (Wildman–Crippen LogP) is 2.52. The molecular weight excluding hydrogens is 226 g/mol. The molecule has 0 amide bonds. The molecule has 1 aromatic carbocycles. The van der Waals surface area contributed by atoms with Gasteiger partial charge in [0.15, 0.2) is 0 Å². The molecule has 2 N–H and O–H groups in total. The summed E-state index contributed by atoms with van der Waals surface area (Å²) >= 11 is 0. The molecule has 2 atom stereocenters. The number of nitrogens with zero attached hydrogens (tertiary/aromatic N) is 1. The highest BCUT2D eigenvalue weighted by molar-refractivity contribution is 5.27. The average molecular weight is 249 g/mol. The Morgan fingerprint density at radius 1 is 1.39 bits per heavy atom. The second kappa shape index (κ2) is 6.21. The second-order valence-electron chi connectivity index (χ2n) is 5.37. The maximum Gasteiger partial charge on any atom is 0.115 e. The van der Waals surface area contributed by atoms with Crippen molar-refractivity contribution in [2.75, 3.05) is 6.54 Å². The molecule has 1 aliphatic rings. The highest BCUT2D eigenvalue weighted by atomic mass is 16.3. The quantitative estimate of drug-likeness (QED) is 0.861. The van der Waals surface area contributed by atoms with E-state index in [1.165, 1.54) is 19.3 Å². The van der Waals surface area contributed by atoms with E-state index in [2.05, 4.69) is 4.90 Å². The maximum absolute atomic E-state index is 9.57. The molecule has 0 spiro atoms. The zero-order chi connectivity index (χ0) is 13.0. The molecule has 2 unspecified atom stereocenters. The lowest BCUT2D eigenvalue weighted by Gasteiger charge is -2.36. The van der Waals surface area contributed by atoms with Crippen LogP contribution in [0, 0.1) is 0 Å². The highest BCUT2D eigenvalue weighted by Crippen LogP contribution is 2.23. The standard InChI is InChI=1S/C15H23NO2/c1-12(17)9-14-6-2-3-8-16(14)11-13-5-4-7-15(18)10-13/h4-5,7,10,12,14,17-18H,2-3,6,8-9,11H2,1H3. The van der Waals surface area contributed by atoms with Crippen molar-refractivity contribution in [2.24, 2.45) is 0 Å². The van der Waals surface area contributed by atoms with Gasteiger partial charge in [-0.1, -0.05) is 18.6 Å². The Labute approximate surface area is 109 Å². The smallest absolute Gasteiger partial charge is 0.115 e. The molecule has 1 aromatic rings. The number of phenols is 1. The summed E-state index contributed by atoms with van der Waals surface area (Å²) in [4.78, 5) is 2.44. The van der Waals surface area contributed by atoms with Gasteiger partial charge in [0.2, 0.25) is 0 Å². The van der Waals surface area contributed by atoms with Crippen molar-refractivity contribution >= 4 is 0 Å². The number of hydrogen-bond acceptors (Lipinski definition) is 3. The molecular formula is C15H23NO2. The van der Waals surface area contributed by atoms with Crippen LogP contribution in [0.2, 0.25) is 0 Å². The predicted molar refractivity (Wildman–Crippen MR) is 72.5 cm³/mol. The van der Waals surface area contributed by atoms with E-state index >= 15 is 0 Å². The minimum absolute atomic E-state index is 0.236. The van der Waals surface area contributed by atoms with E-state index in [1.54, 1.807) is 6.07 Å². The fourth-order valence-electron chi connectivity index (χ4n) is 2.82. The highest BCUT2D eigenvalue weighted by Gasteiger charge is 2.23. The topological polar surface area (TPSA) is 43.7 Å². The SMILES string of the molecule is CC(O)CC1CCCCN1Cc1cccc(O)c1. The second-order valence-corrected chi connectivity index (χ2v) is 5.37. The van der Waals surface area contributed by atoms with Gasteiger partial charge >= 0.3 is 0 Å². The normalized spacial score (nSPS) is 22.9. The van der Waals surface area contributed by atoms with Gasteiger partial charge in [0.1, 0.15) is 5.75 Å². The van der Waals surface area contributed by atoms with Gasteiger partial charge in [-0.05, 0) is 50.4 Å². The Kier molecular flexibility index (Phi) is 4.61.